The molecule has 34 heteroatoms. The summed E-state index contributed by atoms with van der Waals surface area (Å²) < 4.78 is 107. The number of rotatable bonds is 54. The Morgan fingerprint density at radius 3 is 0.755 bits per heavy atom. The molecule has 0 N–H and O–H groups in total. The van der Waals surface area contributed by atoms with Crippen LogP contribution in [0.2, 0.25) is 0 Å². The van der Waals surface area contributed by atoms with Crippen molar-refractivity contribution in [1.29, 1.82) is 5.26 Å². The fourth-order valence-electron chi connectivity index (χ4n) is 13.8. The number of benzene rings is 9. The molecule has 0 saturated carbocycles. The Kier molecular flexibility index (Phi) is 48.4. The molecular weight excluding hydrogens is 1900 g/mol. The van der Waals surface area contributed by atoms with Crippen molar-refractivity contribution in [3.63, 3.8) is 0 Å². The molecule has 11 rings (SSSR count). The smallest absolute Gasteiger partial charge is 0.494 e. The minimum Gasteiger partial charge on any atom is -0.494 e. The van der Waals surface area contributed by atoms with Gasteiger partial charge in [-0.1, -0.05) is 77.9 Å². The number of nitrogens with zero attached hydrogens (tertiary/aromatic N) is 1. The van der Waals surface area contributed by atoms with Gasteiger partial charge in [0.15, 0.2) is 12.2 Å². The van der Waals surface area contributed by atoms with Crippen LogP contribution in [-0.2, 0) is 76.1 Å². The van der Waals surface area contributed by atoms with Crippen LogP contribution >= 0.6 is 0 Å². The Morgan fingerprint density at radius 1 is 0.279 bits per heavy atom. The number of carbonyl (C=O) groups is 13. The van der Waals surface area contributed by atoms with Crippen LogP contribution in [0.4, 0.5) is 9.59 Å². The molecule has 0 aliphatic carbocycles. The van der Waals surface area contributed by atoms with Gasteiger partial charge in [0.2, 0.25) is 0 Å². The van der Waals surface area contributed by atoms with Gasteiger partial charge in [-0.2, -0.15) is 5.26 Å². The summed E-state index contributed by atoms with van der Waals surface area (Å²) in [5, 5.41) is 8.86. The van der Waals surface area contributed by atoms with Crippen molar-refractivity contribution in [1.82, 2.24) is 0 Å². The van der Waals surface area contributed by atoms with Crippen molar-refractivity contribution in [3.05, 3.63) is 321 Å². The van der Waals surface area contributed by atoms with Gasteiger partial charge in [0.25, 0.3) is 0 Å². The lowest BCUT2D eigenvalue weighted by Crippen LogP contribution is -2.36. The zero-order valence-corrected chi connectivity index (χ0v) is 81.8. The Bertz CT molecular complexity index is 5590. The van der Waals surface area contributed by atoms with Crippen LogP contribution in [0.5, 0.6) is 51.7 Å². The highest BCUT2D eigenvalue weighted by atomic mass is 16.7. The van der Waals surface area contributed by atoms with Gasteiger partial charge in [-0.15, -0.1) is 0 Å². The molecule has 0 bridgehead atoms. The summed E-state index contributed by atoms with van der Waals surface area (Å²) in [6.45, 7) is 26.4. The predicted molar refractivity (Wildman–Crippen MR) is 533 cm³/mol. The molecule has 0 amide bonds. The lowest BCUT2D eigenvalue weighted by Gasteiger charge is -2.17. The van der Waals surface area contributed by atoms with Gasteiger partial charge in [-0.3, -0.25) is 0 Å². The molecule has 2 fully saturated rings. The van der Waals surface area contributed by atoms with Gasteiger partial charge < -0.3 is 94.7 Å². The molecule has 147 heavy (non-hydrogen) atoms. The van der Waals surface area contributed by atoms with Crippen LogP contribution < -0.4 is 42.6 Å². The first-order valence-corrected chi connectivity index (χ1v) is 47.6. The number of carbonyl (C=O) groups excluding carboxylic acids is 13. The van der Waals surface area contributed by atoms with E-state index in [2.05, 4.69) is 59.7 Å². The Labute approximate surface area is 851 Å². The van der Waals surface area contributed by atoms with Crippen LogP contribution in [0.1, 0.15) is 172 Å². The number of esters is 11. The Balaban J connectivity index is 0.000000270. The van der Waals surface area contributed by atoms with Crippen molar-refractivity contribution < 1.29 is 157 Å². The zero-order valence-electron chi connectivity index (χ0n) is 81.8. The maximum Gasteiger partial charge on any atom is 0.513 e. The first-order chi connectivity index (χ1) is 71.2. The maximum absolute atomic E-state index is 13.1. The number of unbranched alkanes of at least 4 members (excludes halogenated alkanes) is 2. The summed E-state index contributed by atoms with van der Waals surface area (Å²) in [6.07, 6.45) is 10.3. The van der Waals surface area contributed by atoms with E-state index < -0.39 is 96.4 Å². The molecule has 772 valence electrons. The van der Waals surface area contributed by atoms with E-state index in [1.165, 1.54) is 103 Å². The SMILES string of the molecule is C=CC(=O)OCCCC(C)CCOc1ccc(-c2ccc(C#N)cc2)cc1.C=CC(=O)OCCCC(C)CCOc1ccc(C(=O)Oc2ccc(OC(=O)c3ccc(OCCC(C)CCCOC(=O)C=C)cc3)cc2)cc1.C=CC(=O)OCCCCOC(=O)Oc1ccc(C(=O)Oc2ccc(C(=O)O[C@H]3CO[C@H]4[C@@H]3OC[C@H]4OC(=O)c3ccc(OC(=O)c4ccc(OC(=O)OCCCCOC(=O)C=C)cc4)cc3)cc2)cc1. The van der Waals surface area contributed by atoms with Crippen molar-refractivity contribution in [2.75, 3.05) is 79.3 Å². The summed E-state index contributed by atoms with van der Waals surface area (Å²) in [5.41, 5.74) is 4.16. The van der Waals surface area contributed by atoms with Gasteiger partial charge in [0.1, 0.15) is 64.0 Å². The average Bonchev–Trinajstić information content (AvgIpc) is 1.64. The second-order valence-corrected chi connectivity index (χ2v) is 33.2. The van der Waals surface area contributed by atoms with Gasteiger partial charge in [-0.05, 0) is 306 Å². The number of fused-ring (bicyclic) bond motifs is 1. The molecule has 2 heterocycles. The Morgan fingerprint density at radius 2 is 0.497 bits per heavy atom. The van der Waals surface area contributed by atoms with E-state index in [1.54, 1.807) is 72.8 Å². The van der Waals surface area contributed by atoms with Gasteiger partial charge in [0, 0.05) is 30.4 Å². The summed E-state index contributed by atoms with van der Waals surface area (Å²) >= 11 is 0. The molecule has 9 aromatic carbocycles. The quantitative estimate of drug-likeness (QED) is 0.00853. The number of ether oxygens (including phenoxy) is 20. The summed E-state index contributed by atoms with van der Waals surface area (Å²) in [6, 6.07) is 59.7. The van der Waals surface area contributed by atoms with Crippen LogP contribution in [0.3, 0.4) is 0 Å². The number of nitriles is 1. The van der Waals surface area contributed by atoms with Gasteiger partial charge in [0.05, 0.1) is 124 Å². The molecular formula is C113H117NO33. The molecule has 2 saturated heterocycles. The van der Waals surface area contributed by atoms with E-state index in [0.29, 0.717) is 123 Å². The predicted octanol–water partition coefficient (Wildman–Crippen LogP) is 19.8. The second kappa shape index (κ2) is 62.6. The molecule has 2 aliphatic rings. The molecule has 0 aromatic heterocycles. The fourth-order valence-corrected chi connectivity index (χ4v) is 13.8. The first-order valence-electron chi connectivity index (χ1n) is 47.6. The lowest BCUT2D eigenvalue weighted by molar-refractivity contribution is -0.138. The topological polar surface area (TPSA) is 430 Å². The van der Waals surface area contributed by atoms with Crippen LogP contribution in [0, 0.1) is 29.1 Å². The first kappa shape index (κ1) is 114. The molecule has 34 nitrogen and oxygen atoms in total. The van der Waals surface area contributed by atoms with Crippen molar-refractivity contribution in [2.24, 2.45) is 17.8 Å². The Hall–Kier alpha value is -16.8. The van der Waals surface area contributed by atoms with E-state index >= 15 is 0 Å². The van der Waals surface area contributed by atoms with Crippen molar-refractivity contribution >= 4 is 78.0 Å². The lowest BCUT2D eigenvalue weighted by atomic mass is 10.0. The van der Waals surface area contributed by atoms with E-state index in [4.69, 9.17) is 100.0 Å². The summed E-state index contributed by atoms with van der Waals surface area (Å²) in [5.74, 6) is -1.55. The third-order valence-corrected chi connectivity index (χ3v) is 22.0. The molecule has 0 radical (unpaired) electrons. The third kappa shape index (κ3) is 41.6. The molecule has 9 aromatic rings. The largest absolute Gasteiger partial charge is 0.513 e. The van der Waals surface area contributed by atoms with Crippen LogP contribution in [0.15, 0.2) is 282 Å². The number of hydrogen-bond acceptors (Lipinski definition) is 34. The van der Waals surface area contributed by atoms with Crippen molar-refractivity contribution in [3.8, 4) is 68.9 Å². The summed E-state index contributed by atoms with van der Waals surface area (Å²) in [7, 11) is 0. The number of hydrogen-bond donors (Lipinski definition) is 0. The van der Waals surface area contributed by atoms with Gasteiger partial charge >= 0.3 is 78.0 Å². The van der Waals surface area contributed by atoms with E-state index in [-0.39, 0.29) is 90.9 Å². The highest BCUT2D eigenvalue weighted by Gasteiger charge is 2.51. The maximum atomic E-state index is 13.1. The van der Waals surface area contributed by atoms with Crippen LogP contribution in [0.25, 0.3) is 11.1 Å². The monoisotopic (exact) mass is 2020 g/mol. The second-order valence-electron chi connectivity index (χ2n) is 33.2. The molecule has 2 aliphatic heterocycles. The highest BCUT2D eigenvalue weighted by molar-refractivity contribution is 5.95. The van der Waals surface area contributed by atoms with E-state index in [9.17, 15) is 62.3 Å². The zero-order chi connectivity index (χ0) is 105. The van der Waals surface area contributed by atoms with E-state index in [1.807, 2.05) is 48.5 Å². The minimum absolute atomic E-state index is 0.0198. The fraction of sp³-hybridized carbons (Fsp3) is 0.310. The van der Waals surface area contributed by atoms with Gasteiger partial charge in [-0.25, -0.2) is 62.3 Å². The highest BCUT2D eigenvalue weighted by Crippen LogP contribution is 2.34. The average molecular weight is 2020 g/mol. The molecule has 0 spiro atoms. The summed E-state index contributed by atoms with van der Waals surface area (Å²) in [4.78, 5) is 156. The van der Waals surface area contributed by atoms with E-state index in [0.717, 1.165) is 99.0 Å². The minimum atomic E-state index is -0.945. The standard InChI is InChI=1S/C50H46O20.C40H46O10.C23H25NO3/c1-3-41(51)59-25-5-7-27-61-49(57)67-37-21-13-31(14-22-37)45(53)65-35-17-9-33(10-18-35)47(55)69-39-29-63-44-40(30-64-43(39)44)70-48(56)34-11-19-36(20-12-34)66-46(54)32-15-23-38(24-16-32)68-50(58)62-28-8-6-26-60-42(52)4-2;1-5-37(41)47-25-7-9-29(3)23-27-45-33-15-11-31(12-16-33)39(43)49-35-19-21-36(22-20-35)50-40(44)32-13-17-34(18-14-32)46-28-24-30(4)10-8-26-48-38(42)6-2;1-3-23(25)27-15-4-5-18(2)14-16-26-22-12-10-21(11-13-22)20-8-6-19(17-24)7-9-20/h3-4,9-24,39-40,43-44H,1-2,5-8,25-30H2;5-6,11-22,29-30H,1-2,7-10,23-28H2,3-4H3;3,6-13,18H,1,4-5,14-16H2,2H3/t39-,40+,43-,44-;;/m1../s1. The van der Waals surface area contributed by atoms with Crippen LogP contribution in [-0.4, -0.2) is 182 Å². The van der Waals surface area contributed by atoms with Crippen molar-refractivity contribution in [2.45, 2.75) is 129 Å². The molecule has 7 atom stereocenters. The third-order valence-electron chi connectivity index (χ3n) is 22.0. The molecule has 3 unspecified atom stereocenters. The normalized spacial score (nSPS) is 13.9.